The first kappa shape index (κ1) is 70.2. The van der Waals surface area contributed by atoms with E-state index in [0.29, 0.717) is 17.4 Å². The molecule has 8 nitrogen and oxygen atoms in total. The number of nitrogens with one attached hydrogen (secondary N) is 1. The van der Waals surface area contributed by atoms with E-state index in [1.165, 1.54) is 199 Å². The number of quaternary nitrogens is 1. The Hall–Kier alpha value is -1.80. The lowest BCUT2D eigenvalue weighted by atomic mass is 10.0. The third kappa shape index (κ3) is 55.9. The third-order valence-corrected chi connectivity index (χ3v) is 14.7. The van der Waals surface area contributed by atoms with Gasteiger partial charge in [0.25, 0.3) is 7.82 Å². The van der Waals surface area contributed by atoms with Crippen molar-refractivity contribution < 1.29 is 32.9 Å². The molecule has 0 saturated carbocycles. The molecule has 422 valence electrons. The van der Waals surface area contributed by atoms with Crippen molar-refractivity contribution in [1.82, 2.24) is 5.32 Å². The molecule has 0 spiro atoms. The highest BCUT2D eigenvalue weighted by Crippen LogP contribution is 2.38. The van der Waals surface area contributed by atoms with Crippen LogP contribution in [0.1, 0.15) is 284 Å². The monoisotopic (exact) mass is 1030 g/mol. The Morgan fingerprint density at radius 3 is 1.24 bits per heavy atom. The number of nitrogens with zero attached hydrogens (tertiary/aromatic N) is 1. The van der Waals surface area contributed by atoms with E-state index in [1.54, 1.807) is 6.08 Å². The molecule has 0 aromatic heterocycles. The molecule has 2 N–H and O–H groups in total. The first-order valence-electron chi connectivity index (χ1n) is 30.7. The van der Waals surface area contributed by atoms with Crippen LogP contribution in [0.2, 0.25) is 0 Å². The van der Waals surface area contributed by atoms with E-state index in [2.05, 4.69) is 67.8 Å². The van der Waals surface area contributed by atoms with Crippen LogP contribution in [0.25, 0.3) is 0 Å². The molecular formula is C63H119N2O6P. The van der Waals surface area contributed by atoms with Crippen LogP contribution in [0.5, 0.6) is 0 Å². The minimum absolute atomic E-state index is 0.00120. The van der Waals surface area contributed by atoms with E-state index >= 15 is 0 Å². The summed E-state index contributed by atoms with van der Waals surface area (Å²) in [6.45, 7) is 4.57. The van der Waals surface area contributed by atoms with Crippen molar-refractivity contribution in [2.75, 3.05) is 40.9 Å². The van der Waals surface area contributed by atoms with E-state index in [0.717, 1.165) is 64.2 Å². The van der Waals surface area contributed by atoms with E-state index in [9.17, 15) is 19.4 Å². The second kappa shape index (κ2) is 54.0. The highest BCUT2D eigenvalue weighted by molar-refractivity contribution is 7.45. The Morgan fingerprint density at radius 1 is 0.500 bits per heavy atom. The van der Waals surface area contributed by atoms with Gasteiger partial charge in [-0.1, -0.05) is 280 Å². The summed E-state index contributed by atoms with van der Waals surface area (Å²) >= 11 is 0. The zero-order chi connectivity index (χ0) is 52.7. The van der Waals surface area contributed by atoms with Crippen molar-refractivity contribution in [3.8, 4) is 0 Å². The zero-order valence-corrected chi connectivity index (χ0v) is 49.0. The molecule has 0 bridgehead atoms. The van der Waals surface area contributed by atoms with Crippen molar-refractivity contribution in [2.45, 2.75) is 296 Å². The maximum absolute atomic E-state index is 13.0. The number of unbranched alkanes of at least 4 members (excludes halogenated alkanes) is 35. The first-order valence-corrected chi connectivity index (χ1v) is 32.1. The van der Waals surface area contributed by atoms with Crippen molar-refractivity contribution in [2.24, 2.45) is 0 Å². The smallest absolute Gasteiger partial charge is 0.268 e. The molecule has 3 atom stereocenters. The minimum Gasteiger partial charge on any atom is -0.756 e. The number of hydrogen-bond donors (Lipinski definition) is 2. The van der Waals surface area contributed by atoms with Gasteiger partial charge in [-0.25, -0.2) is 0 Å². The molecule has 9 heteroatoms. The first-order chi connectivity index (χ1) is 35.0. The Morgan fingerprint density at radius 2 is 0.847 bits per heavy atom. The predicted molar refractivity (Wildman–Crippen MR) is 311 cm³/mol. The summed E-state index contributed by atoms with van der Waals surface area (Å²) in [4.78, 5) is 25.5. The normalized spacial score (nSPS) is 14.3. The van der Waals surface area contributed by atoms with Gasteiger partial charge in [0.2, 0.25) is 5.91 Å². The Kier molecular flexibility index (Phi) is 52.7. The highest BCUT2D eigenvalue weighted by Gasteiger charge is 2.23. The summed E-state index contributed by atoms with van der Waals surface area (Å²) < 4.78 is 23.4. The Labute approximate surface area is 447 Å². The second-order valence-electron chi connectivity index (χ2n) is 22.0. The van der Waals surface area contributed by atoms with Gasteiger partial charge in [-0.3, -0.25) is 9.36 Å². The van der Waals surface area contributed by atoms with Crippen molar-refractivity contribution >= 4 is 13.7 Å². The van der Waals surface area contributed by atoms with Crippen LogP contribution in [0.15, 0.2) is 60.8 Å². The van der Waals surface area contributed by atoms with E-state index in [4.69, 9.17) is 9.05 Å². The molecule has 0 aromatic carbocycles. The lowest BCUT2D eigenvalue weighted by Crippen LogP contribution is -2.45. The number of likely N-dealkylation sites (N-methyl/N-ethyl adjacent to an activating group) is 1. The fourth-order valence-corrected chi connectivity index (χ4v) is 9.69. The molecular weight excluding hydrogens is 912 g/mol. The van der Waals surface area contributed by atoms with Crippen LogP contribution < -0.4 is 10.2 Å². The molecule has 0 radical (unpaired) electrons. The fraction of sp³-hybridized carbons (Fsp3) is 0.825. The summed E-state index contributed by atoms with van der Waals surface area (Å²) in [5.74, 6) is -0.195. The summed E-state index contributed by atoms with van der Waals surface area (Å²) in [5, 5.41) is 13.9. The average molecular weight is 1030 g/mol. The maximum Gasteiger partial charge on any atom is 0.268 e. The van der Waals surface area contributed by atoms with Crippen molar-refractivity contribution in [3.63, 3.8) is 0 Å². The van der Waals surface area contributed by atoms with Crippen LogP contribution in [0, 0.1) is 0 Å². The number of aliphatic hydroxyl groups excluding tert-OH is 1. The quantitative estimate of drug-likeness (QED) is 0.0272. The topological polar surface area (TPSA) is 108 Å². The zero-order valence-electron chi connectivity index (χ0n) is 48.1. The number of carbonyl (C=O) groups excluding carboxylic acids is 1. The van der Waals surface area contributed by atoms with Gasteiger partial charge in [-0.15, -0.1) is 0 Å². The van der Waals surface area contributed by atoms with Crippen LogP contribution in [-0.4, -0.2) is 68.5 Å². The van der Waals surface area contributed by atoms with Crippen molar-refractivity contribution in [1.29, 1.82) is 0 Å². The molecule has 0 saturated heterocycles. The molecule has 0 aliphatic rings. The molecule has 3 unspecified atom stereocenters. The average Bonchev–Trinajstić information content (AvgIpc) is 3.34. The number of hydrogen-bond acceptors (Lipinski definition) is 6. The molecule has 0 aliphatic carbocycles. The molecule has 0 rings (SSSR count). The molecule has 1 amide bonds. The number of phosphoric acid groups is 1. The highest BCUT2D eigenvalue weighted by atomic mass is 31.2. The number of allylic oxidation sites excluding steroid dienone is 9. The molecule has 0 aromatic rings. The maximum atomic E-state index is 13.0. The number of amides is 1. The number of aliphatic hydroxyl groups is 1. The largest absolute Gasteiger partial charge is 0.756 e. The number of phosphoric ester groups is 1. The Balaban J connectivity index is 4.13. The molecule has 0 heterocycles. The second-order valence-corrected chi connectivity index (χ2v) is 23.4. The van der Waals surface area contributed by atoms with Gasteiger partial charge >= 0.3 is 0 Å². The van der Waals surface area contributed by atoms with Crippen LogP contribution in [0.4, 0.5) is 0 Å². The lowest BCUT2D eigenvalue weighted by Gasteiger charge is -2.29. The van der Waals surface area contributed by atoms with Crippen molar-refractivity contribution in [3.05, 3.63) is 60.8 Å². The van der Waals surface area contributed by atoms with E-state index < -0.39 is 20.0 Å². The molecule has 72 heavy (non-hydrogen) atoms. The number of rotatable bonds is 56. The summed E-state index contributed by atoms with van der Waals surface area (Å²) in [7, 11) is 1.27. The van der Waals surface area contributed by atoms with Gasteiger partial charge < -0.3 is 28.8 Å². The van der Waals surface area contributed by atoms with E-state index in [1.807, 2.05) is 27.2 Å². The predicted octanol–water partition coefficient (Wildman–Crippen LogP) is 18.2. The fourth-order valence-electron chi connectivity index (χ4n) is 8.97. The van der Waals surface area contributed by atoms with Gasteiger partial charge in [0, 0.05) is 6.42 Å². The van der Waals surface area contributed by atoms with Gasteiger partial charge in [0.05, 0.1) is 39.9 Å². The van der Waals surface area contributed by atoms with Crippen LogP contribution in [-0.2, 0) is 18.4 Å². The lowest BCUT2D eigenvalue weighted by molar-refractivity contribution is -0.870. The van der Waals surface area contributed by atoms with E-state index in [-0.39, 0.29) is 19.1 Å². The summed E-state index contributed by atoms with van der Waals surface area (Å²) in [5.41, 5.74) is 0. The number of carbonyl (C=O) groups is 1. The van der Waals surface area contributed by atoms with Gasteiger partial charge in [-0.2, -0.15) is 0 Å². The molecule has 0 fully saturated rings. The van der Waals surface area contributed by atoms with Gasteiger partial charge in [0.1, 0.15) is 13.2 Å². The van der Waals surface area contributed by atoms with Crippen LogP contribution >= 0.6 is 7.82 Å². The third-order valence-electron chi connectivity index (χ3n) is 13.7. The molecule has 0 aliphatic heterocycles. The SMILES string of the molecule is CC/C=C\C/C=C\C/C=C\C/C=C\CCCCCCCCCCCCCCCCCCC(=O)NC(COP(=O)([O-])OCC[N+](C)(C)C)C(O)/C=C/CCCCCCCCCCCCCCCCCCCCC. The van der Waals surface area contributed by atoms with Gasteiger partial charge in [-0.05, 0) is 57.8 Å². The summed E-state index contributed by atoms with van der Waals surface area (Å²) in [6.07, 6.45) is 73.0. The Bertz CT molecular complexity index is 1360. The van der Waals surface area contributed by atoms with Crippen LogP contribution in [0.3, 0.4) is 0 Å². The minimum atomic E-state index is -4.60. The summed E-state index contributed by atoms with van der Waals surface area (Å²) in [6, 6.07) is -0.888. The standard InChI is InChI=1S/C63H119N2O6P/c1-6-8-10-12-14-16-18-20-22-24-26-28-29-30-31-32-33-34-35-37-39-41-43-45-47-49-51-53-55-57-63(67)64-61(60-71-72(68,69)70-59-58-65(3,4)5)62(66)56-54-52-50-48-46-44-42-40-38-36-27-25-23-21-19-17-15-13-11-9-7-2/h8,10,14,16,20,22,26,28,54,56,61-62,66H,6-7,9,11-13,15,17-19,21,23-25,27,29-53,55,57-60H2,1-5H3,(H-,64,67,68,69)/b10-8-,16-14-,22-20-,28-26-,56-54+. The van der Waals surface area contributed by atoms with Gasteiger partial charge in [0.15, 0.2) is 0 Å².